The van der Waals surface area contributed by atoms with E-state index in [0.717, 1.165) is 12.1 Å². The van der Waals surface area contributed by atoms with Crippen LogP contribution in [0.5, 0.6) is 0 Å². The van der Waals surface area contributed by atoms with Crippen LogP contribution in [0.15, 0.2) is 12.3 Å². The molecule has 0 spiro atoms. The van der Waals surface area contributed by atoms with Gasteiger partial charge < -0.3 is 4.74 Å². The van der Waals surface area contributed by atoms with Gasteiger partial charge in [0.15, 0.2) is 5.69 Å². The van der Waals surface area contributed by atoms with Crippen molar-refractivity contribution in [3.05, 3.63) is 29.3 Å². The highest BCUT2D eigenvalue weighted by Crippen LogP contribution is 2.11. The third-order valence-electron chi connectivity index (χ3n) is 3.47. The first-order chi connectivity index (χ1) is 10.1. The Balaban J connectivity index is 2.13. The highest BCUT2D eigenvalue weighted by Gasteiger charge is 2.18. The monoisotopic (exact) mass is 291 g/mol. The van der Waals surface area contributed by atoms with Crippen LogP contribution in [0, 0.1) is 6.92 Å². The van der Waals surface area contributed by atoms with Crippen molar-refractivity contribution in [1.29, 1.82) is 0 Å². The lowest BCUT2D eigenvalue weighted by atomic mass is 10.3. The Kier molecular flexibility index (Phi) is 4.72. The molecule has 1 unspecified atom stereocenters. The molecule has 21 heavy (non-hydrogen) atoms. The molecule has 0 saturated heterocycles. The molecule has 2 aromatic heterocycles. The second-order valence-corrected chi connectivity index (χ2v) is 4.95. The zero-order valence-corrected chi connectivity index (χ0v) is 12.9. The molecule has 1 atom stereocenters. The van der Waals surface area contributed by atoms with Gasteiger partial charge >= 0.3 is 5.97 Å². The maximum Gasteiger partial charge on any atom is 0.360 e. The number of aromatic nitrogens is 5. The van der Waals surface area contributed by atoms with Crippen LogP contribution in [-0.2, 0) is 11.3 Å². The lowest BCUT2D eigenvalue weighted by Crippen LogP contribution is -2.10. The van der Waals surface area contributed by atoms with Crippen molar-refractivity contribution in [2.45, 2.75) is 46.7 Å². The van der Waals surface area contributed by atoms with Gasteiger partial charge in [0.25, 0.3) is 0 Å². The molecular formula is C14H21N5O2. The predicted octanol–water partition coefficient (Wildman–Crippen LogP) is 1.98. The van der Waals surface area contributed by atoms with Gasteiger partial charge in [-0.25, -0.2) is 9.48 Å². The number of carbonyl (C=O) groups excluding carboxylic acids is 1. The molecule has 2 heterocycles. The molecule has 7 heteroatoms. The second-order valence-electron chi connectivity index (χ2n) is 4.95. The summed E-state index contributed by atoms with van der Waals surface area (Å²) < 4.78 is 8.55. The smallest absolute Gasteiger partial charge is 0.360 e. The van der Waals surface area contributed by atoms with E-state index >= 15 is 0 Å². The second kappa shape index (κ2) is 6.51. The zero-order chi connectivity index (χ0) is 15.4. The summed E-state index contributed by atoms with van der Waals surface area (Å²) in [5.74, 6) is -0.439. The van der Waals surface area contributed by atoms with Gasteiger partial charge in [0, 0.05) is 12.2 Å². The van der Waals surface area contributed by atoms with Gasteiger partial charge in [-0.15, -0.1) is 5.10 Å². The van der Waals surface area contributed by atoms with Gasteiger partial charge in [-0.1, -0.05) is 12.1 Å². The zero-order valence-electron chi connectivity index (χ0n) is 12.9. The van der Waals surface area contributed by atoms with Crippen molar-refractivity contribution >= 4 is 5.97 Å². The fourth-order valence-electron chi connectivity index (χ4n) is 1.95. The number of rotatable bonds is 6. The topological polar surface area (TPSA) is 74.8 Å². The van der Waals surface area contributed by atoms with E-state index in [1.54, 1.807) is 18.5 Å². The lowest BCUT2D eigenvalue weighted by Gasteiger charge is -2.08. The van der Waals surface area contributed by atoms with Crippen LogP contribution in [0.4, 0.5) is 0 Å². The minimum atomic E-state index is -0.439. The molecule has 0 saturated carbocycles. The molecule has 0 bridgehead atoms. The normalized spacial score (nSPS) is 12.4. The van der Waals surface area contributed by atoms with Crippen molar-refractivity contribution in [2.75, 3.05) is 6.61 Å². The first-order valence-corrected chi connectivity index (χ1v) is 7.18. The summed E-state index contributed by atoms with van der Waals surface area (Å²) in [5.41, 5.74) is 1.84. The van der Waals surface area contributed by atoms with Crippen LogP contribution in [0.2, 0.25) is 0 Å². The third-order valence-corrected chi connectivity index (χ3v) is 3.47. The van der Waals surface area contributed by atoms with E-state index in [2.05, 4.69) is 29.3 Å². The van der Waals surface area contributed by atoms with Crippen molar-refractivity contribution in [1.82, 2.24) is 24.8 Å². The molecule has 114 valence electrons. The molecule has 7 nitrogen and oxygen atoms in total. The summed E-state index contributed by atoms with van der Waals surface area (Å²) in [6, 6.07) is 2.32. The van der Waals surface area contributed by atoms with Crippen molar-refractivity contribution in [3.8, 4) is 0 Å². The average molecular weight is 291 g/mol. The lowest BCUT2D eigenvalue weighted by molar-refractivity contribution is 0.0518. The van der Waals surface area contributed by atoms with Gasteiger partial charge in [-0.05, 0) is 33.3 Å². The minimum Gasteiger partial charge on any atom is -0.461 e. The molecule has 0 aliphatic rings. The number of carbonyl (C=O) groups is 1. The fourth-order valence-corrected chi connectivity index (χ4v) is 1.95. The summed E-state index contributed by atoms with van der Waals surface area (Å²) >= 11 is 0. The van der Waals surface area contributed by atoms with Crippen molar-refractivity contribution in [2.24, 2.45) is 0 Å². The third kappa shape index (κ3) is 3.29. The van der Waals surface area contributed by atoms with E-state index in [1.165, 1.54) is 0 Å². The molecule has 2 aromatic rings. The van der Waals surface area contributed by atoms with Crippen LogP contribution >= 0.6 is 0 Å². The van der Waals surface area contributed by atoms with E-state index in [1.807, 2.05) is 16.9 Å². The number of ether oxygens (including phenoxy) is 1. The first kappa shape index (κ1) is 15.2. The number of hydrogen-bond acceptors (Lipinski definition) is 5. The molecule has 0 N–H and O–H groups in total. The highest BCUT2D eigenvalue weighted by atomic mass is 16.5. The largest absolute Gasteiger partial charge is 0.461 e. The maximum absolute atomic E-state index is 11.7. The maximum atomic E-state index is 11.7. The number of esters is 1. The molecule has 0 aliphatic heterocycles. The SMILES string of the molecule is CCOC(=O)c1nnn(Cc2ccn(C(C)CC)n2)c1C. The van der Waals surface area contributed by atoms with E-state index < -0.39 is 5.97 Å². The van der Waals surface area contributed by atoms with Crippen LogP contribution in [0.1, 0.15) is 55.1 Å². The number of nitrogens with zero attached hydrogens (tertiary/aromatic N) is 5. The van der Waals surface area contributed by atoms with Crippen LogP contribution in [0.25, 0.3) is 0 Å². The molecular weight excluding hydrogens is 270 g/mol. The molecule has 2 rings (SSSR count). The Bertz CT molecular complexity index is 617. The van der Waals surface area contributed by atoms with Crippen LogP contribution < -0.4 is 0 Å². The Labute approximate surface area is 123 Å². The fraction of sp³-hybridized carbons (Fsp3) is 0.571. The molecule has 0 radical (unpaired) electrons. The highest BCUT2D eigenvalue weighted by molar-refractivity contribution is 5.88. The Morgan fingerprint density at radius 2 is 2.19 bits per heavy atom. The summed E-state index contributed by atoms with van der Waals surface area (Å²) in [7, 11) is 0. The van der Waals surface area contributed by atoms with E-state index in [4.69, 9.17) is 4.74 Å². The summed E-state index contributed by atoms with van der Waals surface area (Å²) in [6.45, 7) is 8.62. The Morgan fingerprint density at radius 1 is 1.43 bits per heavy atom. The molecule has 0 aromatic carbocycles. The molecule has 0 aliphatic carbocycles. The quantitative estimate of drug-likeness (QED) is 0.761. The van der Waals surface area contributed by atoms with Crippen molar-refractivity contribution < 1.29 is 9.53 Å². The van der Waals surface area contributed by atoms with Gasteiger partial charge in [-0.3, -0.25) is 4.68 Å². The van der Waals surface area contributed by atoms with Crippen LogP contribution in [-0.4, -0.2) is 37.4 Å². The average Bonchev–Trinajstić information content (AvgIpc) is 3.07. The summed E-state index contributed by atoms with van der Waals surface area (Å²) in [4.78, 5) is 11.7. The van der Waals surface area contributed by atoms with E-state index in [0.29, 0.717) is 24.9 Å². The van der Waals surface area contributed by atoms with Gasteiger partial charge in [0.05, 0.1) is 24.5 Å². The van der Waals surface area contributed by atoms with Crippen LogP contribution in [0.3, 0.4) is 0 Å². The summed E-state index contributed by atoms with van der Waals surface area (Å²) in [6.07, 6.45) is 2.98. The predicted molar refractivity (Wildman–Crippen MR) is 77.0 cm³/mol. The molecule has 0 fully saturated rings. The van der Waals surface area contributed by atoms with E-state index in [9.17, 15) is 4.79 Å². The van der Waals surface area contributed by atoms with Crippen molar-refractivity contribution in [3.63, 3.8) is 0 Å². The molecule has 0 amide bonds. The van der Waals surface area contributed by atoms with E-state index in [-0.39, 0.29) is 5.69 Å². The standard InChI is InChI=1S/C14H21N5O2/c1-5-10(3)18-8-7-12(16-18)9-19-11(4)13(15-17-19)14(20)21-6-2/h7-8,10H,5-6,9H2,1-4H3. The Hall–Kier alpha value is -2.18. The number of hydrogen-bond donors (Lipinski definition) is 0. The first-order valence-electron chi connectivity index (χ1n) is 7.18. The van der Waals surface area contributed by atoms with Gasteiger partial charge in [-0.2, -0.15) is 5.10 Å². The minimum absolute atomic E-state index is 0.262. The summed E-state index contributed by atoms with van der Waals surface area (Å²) in [5, 5.41) is 12.4. The van der Waals surface area contributed by atoms with Gasteiger partial charge in [0.2, 0.25) is 0 Å². The Morgan fingerprint density at radius 3 is 2.86 bits per heavy atom. The van der Waals surface area contributed by atoms with Gasteiger partial charge in [0.1, 0.15) is 0 Å².